The first-order valence-electron chi connectivity index (χ1n) is 7.29. The van der Waals surface area contributed by atoms with E-state index in [4.69, 9.17) is 0 Å². The standard InChI is InChI=1S/C17H23N3S.HI/c1-4-18-17(20-12-16-14(3)9-10-21-16)19-11-15-7-5-13(2)6-8-15;/h5-10H,4,11-12H2,1-3H3,(H2,18,19,20);1H. The van der Waals surface area contributed by atoms with E-state index in [9.17, 15) is 0 Å². The number of guanidine groups is 1. The molecule has 5 heteroatoms. The number of halogens is 1. The molecule has 0 aliphatic carbocycles. The lowest BCUT2D eigenvalue weighted by Gasteiger charge is -2.11. The molecular weight excluding hydrogens is 405 g/mol. The summed E-state index contributed by atoms with van der Waals surface area (Å²) in [5.41, 5.74) is 3.84. The lowest BCUT2D eigenvalue weighted by Crippen LogP contribution is -2.36. The molecule has 1 heterocycles. The summed E-state index contributed by atoms with van der Waals surface area (Å²) >= 11 is 1.78. The van der Waals surface area contributed by atoms with Crippen molar-refractivity contribution in [3.63, 3.8) is 0 Å². The molecule has 0 radical (unpaired) electrons. The van der Waals surface area contributed by atoms with E-state index < -0.39 is 0 Å². The van der Waals surface area contributed by atoms with Crippen LogP contribution in [-0.2, 0) is 13.1 Å². The number of benzene rings is 1. The van der Waals surface area contributed by atoms with Crippen molar-refractivity contribution in [3.05, 3.63) is 57.3 Å². The minimum absolute atomic E-state index is 0. The van der Waals surface area contributed by atoms with Gasteiger partial charge in [-0.25, -0.2) is 4.99 Å². The van der Waals surface area contributed by atoms with E-state index in [1.54, 1.807) is 11.3 Å². The number of rotatable bonds is 5. The minimum Gasteiger partial charge on any atom is -0.357 e. The summed E-state index contributed by atoms with van der Waals surface area (Å²) in [6.45, 7) is 8.71. The third-order valence-corrected chi connectivity index (χ3v) is 4.29. The van der Waals surface area contributed by atoms with Crippen LogP contribution < -0.4 is 10.6 Å². The maximum absolute atomic E-state index is 4.64. The highest BCUT2D eigenvalue weighted by molar-refractivity contribution is 14.0. The average molecular weight is 429 g/mol. The Morgan fingerprint density at radius 1 is 1.09 bits per heavy atom. The Balaban J connectivity index is 0.00000242. The van der Waals surface area contributed by atoms with Gasteiger partial charge in [0, 0.05) is 11.4 Å². The van der Waals surface area contributed by atoms with Crippen molar-refractivity contribution in [1.82, 2.24) is 10.6 Å². The highest BCUT2D eigenvalue weighted by atomic mass is 127. The van der Waals surface area contributed by atoms with Gasteiger partial charge >= 0.3 is 0 Å². The molecule has 0 amide bonds. The topological polar surface area (TPSA) is 36.4 Å². The Morgan fingerprint density at radius 3 is 2.41 bits per heavy atom. The van der Waals surface area contributed by atoms with E-state index in [2.05, 4.69) is 72.1 Å². The van der Waals surface area contributed by atoms with Crippen LogP contribution >= 0.6 is 35.3 Å². The minimum atomic E-state index is 0. The first-order valence-corrected chi connectivity index (χ1v) is 8.17. The Bertz CT molecular complexity index is 590. The van der Waals surface area contributed by atoms with Gasteiger partial charge in [0.15, 0.2) is 5.96 Å². The molecule has 0 aliphatic rings. The molecule has 0 spiro atoms. The fourth-order valence-electron chi connectivity index (χ4n) is 1.95. The monoisotopic (exact) mass is 429 g/mol. The molecule has 120 valence electrons. The van der Waals surface area contributed by atoms with Gasteiger partial charge in [-0.15, -0.1) is 35.3 Å². The highest BCUT2D eigenvalue weighted by Crippen LogP contribution is 2.14. The van der Waals surface area contributed by atoms with Gasteiger partial charge in [-0.2, -0.15) is 0 Å². The normalized spacial score (nSPS) is 11.0. The van der Waals surface area contributed by atoms with Crippen LogP contribution in [0.15, 0.2) is 40.7 Å². The molecule has 0 atom stereocenters. The molecule has 0 aliphatic heterocycles. The fraction of sp³-hybridized carbons (Fsp3) is 0.353. The van der Waals surface area contributed by atoms with Crippen LogP contribution in [0.5, 0.6) is 0 Å². The molecule has 2 rings (SSSR count). The third-order valence-electron chi connectivity index (χ3n) is 3.27. The number of hydrogen-bond acceptors (Lipinski definition) is 2. The molecular formula is C17H24IN3S. The second-order valence-electron chi connectivity index (χ2n) is 5.06. The summed E-state index contributed by atoms with van der Waals surface area (Å²) < 4.78 is 0. The van der Waals surface area contributed by atoms with E-state index >= 15 is 0 Å². The second kappa shape index (κ2) is 9.84. The quantitative estimate of drug-likeness (QED) is 0.424. The molecule has 0 saturated carbocycles. The lowest BCUT2D eigenvalue weighted by atomic mass is 10.1. The van der Waals surface area contributed by atoms with Gasteiger partial charge in [-0.1, -0.05) is 29.8 Å². The van der Waals surface area contributed by atoms with Crippen molar-refractivity contribution in [2.24, 2.45) is 4.99 Å². The predicted octanol–water partition coefficient (Wildman–Crippen LogP) is 4.24. The number of aliphatic imine (C=N–C) groups is 1. The van der Waals surface area contributed by atoms with Crippen LogP contribution in [0.2, 0.25) is 0 Å². The van der Waals surface area contributed by atoms with Crippen molar-refractivity contribution in [2.75, 3.05) is 6.54 Å². The van der Waals surface area contributed by atoms with Crippen molar-refractivity contribution in [1.29, 1.82) is 0 Å². The van der Waals surface area contributed by atoms with E-state index in [-0.39, 0.29) is 24.0 Å². The van der Waals surface area contributed by atoms with Gasteiger partial charge in [0.1, 0.15) is 0 Å². The highest BCUT2D eigenvalue weighted by Gasteiger charge is 2.02. The zero-order chi connectivity index (χ0) is 15.1. The van der Waals surface area contributed by atoms with Crippen LogP contribution in [0.1, 0.15) is 28.5 Å². The number of hydrogen-bond donors (Lipinski definition) is 2. The molecule has 0 bridgehead atoms. The van der Waals surface area contributed by atoms with Crippen LogP contribution in [0.4, 0.5) is 0 Å². The first kappa shape index (κ1) is 19.0. The van der Waals surface area contributed by atoms with Crippen LogP contribution in [0.3, 0.4) is 0 Å². The molecule has 1 aromatic heterocycles. The molecule has 0 saturated heterocycles. The summed E-state index contributed by atoms with van der Waals surface area (Å²) in [7, 11) is 0. The van der Waals surface area contributed by atoms with Crippen LogP contribution in [0.25, 0.3) is 0 Å². The van der Waals surface area contributed by atoms with Gasteiger partial charge in [-0.05, 0) is 43.3 Å². The molecule has 2 aromatic rings. The molecule has 2 N–H and O–H groups in total. The first-order chi connectivity index (χ1) is 10.2. The maximum atomic E-state index is 4.64. The summed E-state index contributed by atoms with van der Waals surface area (Å²) in [5, 5.41) is 8.81. The van der Waals surface area contributed by atoms with Gasteiger partial charge in [0.25, 0.3) is 0 Å². The summed E-state index contributed by atoms with van der Waals surface area (Å²) in [6.07, 6.45) is 0. The average Bonchev–Trinajstić information content (AvgIpc) is 2.89. The maximum Gasteiger partial charge on any atom is 0.191 e. The van der Waals surface area contributed by atoms with Crippen molar-refractivity contribution >= 4 is 41.3 Å². The van der Waals surface area contributed by atoms with Crippen molar-refractivity contribution in [3.8, 4) is 0 Å². The molecule has 0 unspecified atom stereocenters. The Kier molecular flexibility index (Phi) is 8.48. The smallest absolute Gasteiger partial charge is 0.191 e. The second-order valence-corrected chi connectivity index (χ2v) is 6.06. The van der Waals surface area contributed by atoms with Crippen molar-refractivity contribution < 1.29 is 0 Å². The fourth-order valence-corrected chi connectivity index (χ4v) is 2.80. The summed E-state index contributed by atoms with van der Waals surface area (Å²) in [5.74, 6) is 0.867. The van der Waals surface area contributed by atoms with Gasteiger partial charge in [0.05, 0.1) is 13.1 Å². The summed E-state index contributed by atoms with van der Waals surface area (Å²) in [6, 6.07) is 10.7. The Labute approximate surface area is 154 Å². The number of nitrogens with zero attached hydrogens (tertiary/aromatic N) is 1. The Morgan fingerprint density at radius 2 is 1.82 bits per heavy atom. The Hall–Kier alpha value is -1.08. The van der Waals surface area contributed by atoms with Gasteiger partial charge in [0.2, 0.25) is 0 Å². The number of aryl methyl sites for hydroxylation is 2. The van der Waals surface area contributed by atoms with Crippen LogP contribution in [0, 0.1) is 13.8 Å². The lowest BCUT2D eigenvalue weighted by molar-refractivity contribution is 0.821. The van der Waals surface area contributed by atoms with E-state index in [1.165, 1.54) is 21.6 Å². The number of thiophene rings is 1. The number of nitrogens with one attached hydrogen (secondary N) is 2. The zero-order valence-corrected chi connectivity index (χ0v) is 16.5. The van der Waals surface area contributed by atoms with E-state index in [1.807, 2.05) is 0 Å². The largest absolute Gasteiger partial charge is 0.357 e. The van der Waals surface area contributed by atoms with Gasteiger partial charge < -0.3 is 10.6 Å². The molecule has 3 nitrogen and oxygen atoms in total. The van der Waals surface area contributed by atoms with Crippen LogP contribution in [-0.4, -0.2) is 12.5 Å². The predicted molar refractivity (Wildman–Crippen MR) is 107 cm³/mol. The van der Waals surface area contributed by atoms with E-state index in [0.29, 0.717) is 6.54 Å². The summed E-state index contributed by atoms with van der Waals surface area (Å²) in [4.78, 5) is 6.00. The SMILES string of the molecule is CCNC(=NCc1ccc(C)cc1)NCc1sccc1C.I. The molecule has 0 fully saturated rings. The van der Waals surface area contributed by atoms with Crippen molar-refractivity contribution in [2.45, 2.75) is 33.9 Å². The van der Waals surface area contributed by atoms with Gasteiger partial charge in [-0.3, -0.25) is 0 Å². The zero-order valence-electron chi connectivity index (χ0n) is 13.3. The van der Waals surface area contributed by atoms with E-state index in [0.717, 1.165) is 19.0 Å². The molecule has 1 aromatic carbocycles. The molecule has 22 heavy (non-hydrogen) atoms. The third kappa shape index (κ3) is 5.96.